The number of aliphatic hydroxyl groups excluding tert-OH is 1. The van der Waals surface area contributed by atoms with Crippen LogP contribution in [0, 0.1) is 0 Å². The van der Waals surface area contributed by atoms with Crippen LogP contribution >= 0.6 is 0 Å². The van der Waals surface area contributed by atoms with Gasteiger partial charge in [-0.05, 0) is 25.2 Å². The number of allylic oxidation sites excluding steroid dienone is 1. The van der Waals surface area contributed by atoms with Gasteiger partial charge >= 0.3 is 0 Å². The second-order valence-electron chi connectivity index (χ2n) is 2.12. The van der Waals surface area contributed by atoms with E-state index in [4.69, 9.17) is 5.11 Å². The van der Waals surface area contributed by atoms with Crippen molar-refractivity contribution in [2.75, 3.05) is 0 Å². The maximum Gasteiger partial charge on any atom is 0.158 e. The largest absolute Gasteiger partial charge is 0.384 e. The highest BCUT2D eigenvalue weighted by Crippen LogP contribution is 2.08. The number of Topliss-reactive ketones (excluding diaryl/α,β-unsaturated/α-hetero) is 1. The van der Waals surface area contributed by atoms with Crippen molar-refractivity contribution in [2.24, 2.45) is 0 Å². The molecule has 0 radical (unpaired) electrons. The molecule has 2 heteroatoms. The Hall–Kier alpha value is -1.11. The first kappa shape index (κ1) is 7.00. The van der Waals surface area contributed by atoms with Crippen LogP contribution in [0.4, 0.5) is 0 Å². The molecule has 0 bridgehead atoms. The topological polar surface area (TPSA) is 37.3 Å². The van der Waals surface area contributed by atoms with Gasteiger partial charge < -0.3 is 5.11 Å². The third-order valence-corrected chi connectivity index (χ3v) is 1.34. The van der Waals surface area contributed by atoms with Gasteiger partial charge in [-0.2, -0.15) is 0 Å². The van der Waals surface area contributed by atoms with E-state index in [-0.39, 0.29) is 5.78 Å². The summed E-state index contributed by atoms with van der Waals surface area (Å²) in [6, 6.07) is 0. The van der Waals surface area contributed by atoms with Gasteiger partial charge in [-0.15, -0.1) is 5.73 Å². The van der Waals surface area contributed by atoms with Crippen LogP contribution in [0.1, 0.15) is 6.92 Å². The molecule has 10 heavy (non-hydrogen) atoms. The Bertz CT molecular complexity index is 242. The number of rotatable bonds is 1. The fourth-order valence-electron chi connectivity index (χ4n) is 0.799. The van der Waals surface area contributed by atoms with Crippen molar-refractivity contribution in [3.8, 4) is 0 Å². The predicted molar refractivity (Wildman–Crippen MR) is 37.4 cm³/mol. The number of aliphatic hydroxyl groups is 1. The summed E-state index contributed by atoms with van der Waals surface area (Å²) in [5.41, 5.74) is 3.12. The van der Waals surface area contributed by atoms with Gasteiger partial charge in [0.05, 0.1) is 0 Å². The lowest BCUT2D eigenvalue weighted by atomic mass is 10.0. The zero-order valence-corrected chi connectivity index (χ0v) is 5.66. The van der Waals surface area contributed by atoms with E-state index in [1.807, 2.05) is 0 Å². The summed E-state index contributed by atoms with van der Waals surface area (Å²) in [6.45, 7) is 1.43. The average Bonchev–Trinajstić information content (AvgIpc) is 1.88. The summed E-state index contributed by atoms with van der Waals surface area (Å²) in [5.74, 6) is -0.0958. The molecule has 0 aromatic carbocycles. The fraction of sp³-hybridized carbons (Fsp3) is 0.250. The van der Waals surface area contributed by atoms with Gasteiger partial charge in [0.1, 0.15) is 6.10 Å². The summed E-state index contributed by atoms with van der Waals surface area (Å²) in [6.07, 6.45) is 3.88. The van der Waals surface area contributed by atoms with Crippen molar-refractivity contribution in [3.63, 3.8) is 0 Å². The molecule has 0 heterocycles. The standard InChI is InChI=1S/C8H8O2/c1-6(9)7-4-2-3-5-8(7)10/h2,4-5,8,10H,1H3. The van der Waals surface area contributed by atoms with Crippen LogP contribution in [0.25, 0.3) is 0 Å². The van der Waals surface area contributed by atoms with Crippen LogP contribution in [-0.2, 0) is 4.79 Å². The van der Waals surface area contributed by atoms with Gasteiger partial charge in [0.2, 0.25) is 0 Å². The van der Waals surface area contributed by atoms with Crippen LogP contribution in [0.5, 0.6) is 0 Å². The Morgan fingerprint density at radius 1 is 1.80 bits per heavy atom. The summed E-state index contributed by atoms with van der Waals surface area (Å²) in [4.78, 5) is 10.7. The summed E-state index contributed by atoms with van der Waals surface area (Å²) in [5, 5.41) is 9.11. The van der Waals surface area contributed by atoms with E-state index in [0.29, 0.717) is 5.57 Å². The van der Waals surface area contributed by atoms with E-state index in [2.05, 4.69) is 5.73 Å². The predicted octanol–water partition coefficient (Wildman–Crippen LogP) is 0.588. The highest BCUT2D eigenvalue weighted by molar-refractivity contribution is 5.95. The van der Waals surface area contributed by atoms with Crippen molar-refractivity contribution in [2.45, 2.75) is 13.0 Å². The normalized spacial score (nSPS) is 22.6. The Morgan fingerprint density at radius 2 is 2.50 bits per heavy atom. The van der Waals surface area contributed by atoms with E-state index in [1.54, 1.807) is 12.2 Å². The quantitative estimate of drug-likeness (QED) is 0.535. The minimum atomic E-state index is -0.762. The van der Waals surface area contributed by atoms with E-state index in [1.165, 1.54) is 13.0 Å². The molecule has 0 fully saturated rings. The van der Waals surface area contributed by atoms with Gasteiger partial charge in [-0.1, -0.05) is 0 Å². The van der Waals surface area contributed by atoms with Gasteiger partial charge in [0, 0.05) is 5.57 Å². The molecule has 0 aliphatic heterocycles. The van der Waals surface area contributed by atoms with Gasteiger partial charge in [-0.3, -0.25) is 4.79 Å². The molecule has 0 spiro atoms. The van der Waals surface area contributed by atoms with Crippen LogP contribution in [-0.4, -0.2) is 17.0 Å². The Kier molecular flexibility index (Phi) is 1.86. The lowest BCUT2D eigenvalue weighted by Gasteiger charge is -2.07. The average molecular weight is 136 g/mol. The molecule has 0 saturated heterocycles. The minimum Gasteiger partial charge on any atom is -0.384 e. The van der Waals surface area contributed by atoms with Crippen molar-refractivity contribution in [1.82, 2.24) is 0 Å². The first-order chi connectivity index (χ1) is 4.72. The first-order valence-electron chi connectivity index (χ1n) is 3.03. The molecule has 0 aromatic heterocycles. The van der Waals surface area contributed by atoms with Crippen molar-refractivity contribution < 1.29 is 9.90 Å². The minimum absolute atomic E-state index is 0.0958. The molecular weight excluding hydrogens is 128 g/mol. The molecule has 1 atom stereocenters. The molecule has 1 rings (SSSR count). The Balaban J connectivity index is 2.91. The highest BCUT2D eigenvalue weighted by Gasteiger charge is 2.12. The molecule has 52 valence electrons. The van der Waals surface area contributed by atoms with Crippen LogP contribution in [0.2, 0.25) is 0 Å². The molecule has 0 saturated carbocycles. The third kappa shape index (κ3) is 1.24. The molecular formula is C8H8O2. The summed E-state index contributed by atoms with van der Waals surface area (Å²) < 4.78 is 0. The van der Waals surface area contributed by atoms with Gasteiger partial charge in [-0.25, -0.2) is 0 Å². The maximum atomic E-state index is 10.7. The van der Waals surface area contributed by atoms with E-state index in [9.17, 15) is 4.79 Å². The van der Waals surface area contributed by atoms with Crippen LogP contribution in [0.3, 0.4) is 0 Å². The molecule has 0 aromatic rings. The molecule has 0 amide bonds. The van der Waals surface area contributed by atoms with Crippen molar-refractivity contribution in [3.05, 3.63) is 29.5 Å². The SMILES string of the molecule is CC(=O)C1=CC=C=CC1O. The highest BCUT2D eigenvalue weighted by atomic mass is 16.3. The molecule has 1 aliphatic carbocycles. The second-order valence-corrected chi connectivity index (χ2v) is 2.12. The monoisotopic (exact) mass is 136 g/mol. The van der Waals surface area contributed by atoms with Crippen molar-refractivity contribution >= 4 is 5.78 Å². The zero-order chi connectivity index (χ0) is 7.56. The second kappa shape index (κ2) is 2.65. The molecule has 1 N–H and O–H groups in total. The zero-order valence-electron chi connectivity index (χ0n) is 5.66. The fourth-order valence-corrected chi connectivity index (χ4v) is 0.799. The first-order valence-corrected chi connectivity index (χ1v) is 3.03. The number of carbonyl (C=O) groups excluding carboxylic acids is 1. The number of ketones is 1. The summed E-state index contributed by atoms with van der Waals surface area (Å²) >= 11 is 0. The lowest BCUT2D eigenvalue weighted by Crippen LogP contribution is -2.13. The van der Waals surface area contributed by atoms with Crippen LogP contribution in [0.15, 0.2) is 29.5 Å². The van der Waals surface area contributed by atoms with Gasteiger partial charge in [0.25, 0.3) is 0 Å². The smallest absolute Gasteiger partial charge is 0.158 e. The van der Waals surface area contributed by atoms with E-state index < -0.39 is 6.10 Å². The van der Waals surface area contributed by atoms with Crippen LogP contribution < -0.4 is 0 Å². The van der Waals surface area contributed by atoms with E-state index >= 15 is 0 Å². The lowest BCUT2D eigenvalue weighted by molar-refractivity contribution is -0.114. The molecule has 1 unspecified atom stereocenters. The van der Waals surface area contributed by atoms with E-state index in [0.717, 1.165) is 0 Å². The maximum absolute atomic E-state index is 10.7. The number of hydrogen-bond acceptors (Lipinski definition) is 2. The van der Waals surface area contributed by atoms with Gasteiger partial charge in [0.15, 0.2) is 5.78 Å². The summed E-state index contributed by atoms with van der Waals surface area (Å²) in [7, 11) is 0. The number of carbonyl (C=O) groups is 1. The third-order valence-electron chi connectivity index (χ3n) is 1.34. The Labute approximate surface area is 59.2 Å². The van der Waals surface area contributed by atoms with Crippen molar-refractivity contribution in [1.29, 1.82) is 0 Å². The molecule has 1 aliphatic rings. The number of hydrogen-bond donors (Lipinski definition) is 1. The molecule has 2 nitrogen and oxygen atoms in total. The Morgan fingerprint density at radius 3 is 2.90 bits per heavy atom.